The molecule has 1 heterocycles. The second-order valence-corrected chi connectivity index (χ2v) is 7.21. The molecule has 0 amide bonds. The first kappa shape index (κ1) is 15.4. The molecule has 1 aromatic rings. The van der Waals surface area contributed by atoms with Crippen LogP contribution >= 0.6 is 0 Å². The molecule has 1 fully saturated rings. The van der Waals surface area contributed by atoms with E-state index in [0.29, 0.717) is 19.1 Å². The Kier molecular flexibility index (Phi) is 5.15. The normalized spacial score (nSPS) is 20.4. The maximum absolute atomic E-state index is 12.1. The first-order chi connectivity index (χ1) is 9.50. The van der Waals surface area contributed by atoms with Gasteiger partial charge in [-0.25, -0.2) is 13.1 Å². The van der Waals surface area contributed by atoms with E-state index in [4.69, 9.17) is 5.73 Å². The van der Waals surface area contributed by atoms with Gasteiger partial charge in [0.25, 0.3) is 0 Å². The molecule has 112 valence electrons. The number of likely N-dealkylation sites (tertiary alicyclic amines) is 1. The van der Waals surface area contributed by atoms with Crippen molar-refractivity contribution in [3.8, 4) is 0 Å². The fraction of sp³-hybridized carbons (Fsp3) is 0.571. The Morgan fingerprint density at radius 3 is 2.50 bits per heavy atom. The highest BCUT2D eigenvalue weighted by atomic mass is 32.2. The Labute approximate surface area is 121 Å². The number of nitrogens with zero attached hydrogens (tertiary/aromatic N) is 1. The molecule has 6 heteroatoms. The van der Waals surface area contributed by atoms with Gasteiger partial charge in [-0.2, -0.15) is 0 Å². The molecule has 1 aromatic carbocycles. The van der Waals surface area contributed by atoms with Crippen LogP contribution in [-0.2, 0) is 22.3 Å². The summed E-state index contributed by atoms with van der Waals surface area (Å²) >= 11 is 0. The zero-order chi connectivity index (χ0) is 14.6. The van der Waals surface area contributed by atoms with Gasteiger partial charge < -0.3 is 10.6 Å². The molecule has 1 saturated heterocycles. The highest BCUT2D eigenvalue weighted by Crippen LogP contribution is 2.14. The van der Waals surface area contributed by atoms with Gasteiger partial charge in [0.05, 0.1) is 5.75 Å². The fourth-order valence-corrected chi connectivity index (χ4v) is 3.68. The van der Waals surface area contributed by atoms with Crippen molar-refractivity contribution >= 4 is 10.0 Å². The van der Waals surface area contributed by atoms with Gasteiger partial charge in [0.1, 0.15) is 0 Å². The topological polar surface area (TPSA) is 75.4 Å². The van der Waals surface area contributed by atoms with Gasteiger partial charge in [-0.1, -0.05) is 24.3 Å². The van der Waals surface area contributed by atoms with E-state index >= 15 is 0 Å². The molecule has 0 aliphatic carbocycles. The van der Waals surface area contributed by atoms with Crippen LogP contribution in [0.2, 0.25) is 0 Å². The lowest BCUT2D eigenvalue weighted by atomic mass is 10.1. The first-order valence-corrected chi connectivity index (χ1v) is 8.61. The van der Waals surface area contributed by atoms with E-state index in [1.165, 1.54) is 0 Å². The number of likely N-dealkylation sites (N-methyl/N-ethyl adjacent to an activating group) is 1. The summed E-state index contributed by atoms with van der Waals surface area (Å²) in [5, 5.41) is 0. The number of sulfonamides is 1. The third kappa shape index (κ3) is 4.28. The van der Waals surface area contributed by atoms with Crippen molar-refractivity contribution in [2.45, 2.75) is 31.2 Å². The summed E-state index contributed by atoms with van der Waals surface area (Å²) < 4.78 is 26.8. The van der Waals surface area contributed by atoms with Crippen molar-refractivity contribution < 1.29 is 8.42 Å². The van der Waals surface area contributed by atoms with Gasteiger partial charge in [-0.05, 0) is 37.6 Å². The largest absolute Gasteiger partial charge is 0.326 e. The molecule has 5 nitrogen and oxygen atoms in total. The molecule has 0 saturated carbocycles. The minimum atomic E-state index is -3.27. The van der Waals surface area contributed by atoms with Gasteiger partial charge in [-0.3, -0.25) is 0 Å². The number of hydrogen-bond acceptors (Lipinski definition) is 4. The molecule has 3 N–H and O–H groups in total. The molecule has 0 spiro atoms. The van der Waals surface area contributed by atoms with Crippen molar-refractivity contribution in [2.24, 2.45) is 5.73 Å². The van der Waals surface area contributed by atoms with Gasteiger partial charge in [0.2, 0.25) is 10.0 Å². The van der Waals surface area contributed by atoms with Crippen molar-refractivity contribution in [3.63, 3.8) is 0 Å². The van der Waals surface area contributed by atoms with E-state index < -0.39 is 10.0 Å². The Morgan fingerprint density at radius 2 is 1.95 bits per heavy atom. The molecule has 0 aromatic heterocycles. The summed E-state index contributed by atoms with van der Waals surface area (Å²) in [6.45, 7) is 2.02. The average Bonchev–Trinajstić information content (AvgIpc) is 2.83. The number of nitrogens with two attached hydrogens (primary N) is 1. The molecule has 1 aliphatic heterocycles. The monoisotopic (exact) mass is 297 g/mol. The third-order valence-corrected chi connectivity index (χ3v) is 5.15. The summed E-state index contributed by atoms with van der Waals surface area (Å²) in [6, 6.07) is 7.71. The van der Waals surface area contributed by atoms with Gasteiger partial charge in [-0.15, -0.1) is 0 Å². The average molecular weight is 297 g/mol. The molecule has 0 radical (unpaired) electrons. The fourth-order valence-electron chi connectivity index (χ4n) is 2.50. The molecule has 0 bridgehead atoms. The van der Waals surface area contributed by atoms with Crippen LogP contribution in [0.4, 0.5) is 0 Å². The first-order valence-electron chi connectivity index (χ1n) is 6.95. The van der Waals surface area contributed by atoms with Crippen LogP contribution in [0.15, 0.2) is 24.3 Å². The quantitative estimate of drug-likeness (QED) is 0.809. The maximum Gasteiger partial charge on any atom is 0.215 e. The Morgan fingerprint density at radius 1 is 1.30 bits per heavy atom. The summed E-state index contributed by atoms with van der Waals surface area (Å²) in [5.74, 6) is 0.0221. The summed E-state index contributed by atoms with van der Waals surface area (Å²) in [7, 11) is -1.23. The van der Waals surface area contributed by atoms with Gasteiger partial charge in [0.15, 0.2) is 0 Å². The molecule has 1 atom stereocenters. The lowest BCUT2D eigenvalue weighted by Gasteiger charge is -2.19. The number of hydrogen-bond donors (Lipinski definition) is 2. The van der Waals surface area contributed by atoms with Crippen LogP contribution < -0.4 is 10.5 Å². The van der Waals surface area contributed by atoms with Crippen molar-refractivity contribution in [1.29, 1.82) is 0 Å². The molecule has 1 aliphatic rings. The van der Waals surface area contributed by atoms with Crippen LogP contribution in [0.5, 0.6) is 0 Å². The van der Waals surface area contributed by atoms with Crippen LogP contribution in [0.3, 0.4) is 0 Å². The molecule has 2 rings (SSSR count). The van der Waals surface area contributed by atoms with Crippen LogP contribution in [-0.4, -0.2) is 39.5 Å². The Hall–Kier alpha value is -0.950. The molecular weight excluding hydrogens is 274 g/mol. The van der Waals surface area contributed by atoms with Crippen molar-refractivity contribution in [2.75, 3.05) is 20.1 Å². The van der Waals surface area contributed by atoms with E-state index in [0.717, 1.165) is 30.5 Å². The second-order valence-electron chi connectivity index (χ2n) is 5.40. The summed E-state index contributed by atoms with van der Waals surface area (Å²) in [5.41, 5.74) is 7.32. The number of benzene rings is 1. The minimum absolute atomic E-state index is 0.0221. The zero-order valence-corrected chi connectivity index (χ0v) is 12.7. The maximum atomic E-state index is 12.1. The van der Waals surface area contributed by atoms with Crippen molar-refractivity contribution in [1.82, 2.24) is 9.62 Å². The highest BCUT2D eigenvalue weighted by molar-refractivity contribution is 7.88. The second kappa shape index (κ2) is 6.67. The molecule has 1 unspecified atom stereocenters. The predicted molar refractivity (Wildman–Crippen MR) is 80.6 cm³/mol. The zero-order valence-electron chi connectivity index (χ0n) is 11.9. The lowest BCUT2D eigenvalue weighted by Crippen LogP contribution is -2.38. The van der Waals surface area contributed by atoms with E-state index in [1.807, 2.05) is 31.3 Å². The van der Waals surface area contributed by atoms with Crippen LogP contribution in [0, 0.1) is 0 Å². The van der Waals surface area contributed by atoms with Gasteiger partial charge in [0, 0.05) is 19.1 Å². The van der Waals surface area contributed by atoms with E-state index in [1.54, 1.807) is 0 Å². The summed E-state index contributed by atoms with van der Waals surface area (Å²) in [6.07, 6.45) is 2.20. The number of nitrogens with one attached hydrogen (secondary N) is 1. The molecular formula is C14H23N3O2S. The predicted octanol–water partition coefficient (Wildman–Crippen LogP) is 0.659. The minimum Gasteiger partial charge on any atom is -0.326 e. The van der Waals surface area contributed by atoms with E-state index in [-0.39, 0.29) is 5.75 Å². The van der Waals surface area contributed by atoms with Crippen LogP contribution in [0.25, 0.3) is 0 Å². The number of rotatable bonds is 6. The highest BCUT2D eigenvalue weighted by Gasteiger charge is 2.22. The van der Waals surface area contributed by atoms with E-state index in [2.05, 4.69) is 9.62 Å². The van der Waals surface area contributed by atoms with E-state index in [9.17, 15) is 8.42 Å². The molecule has 20 heavy (non-hydrogen) atoms. The lowest BCUT2D eigenvalue weighted by molar-refractivity contribution is 0.311. The van der Waals surface area contributed by atoms with Gasteiger partial charge >= 0.3 is 0 Å². The Bertz CT molecular complexity index is 528. The smallest absolute Gasteiger partial charge is 0.215 e. The van der Waals surface area contributed by atoms with Crippen molar-refractivity contribution in [3.05, 3.63) is 35.4 Å². The third-order valence-electron chi connectivity index (χ3n) is 3.83. The SMILES string of the molecule is CN1CCCC1CNS(=O)(=O)Cc1ccc(CN)cc1. The van der Waals surface area contributed by atoms with Crippen LogP contribution in [0.1, 0.15) is 24.0 Å². The Balaban J connectivity index is 1.89. The summed E-state index contributed by atoms with van der Waals surface area (Å²) in [4.78, 5) is 2.21. The standard InChI is InChI=1S/C14H23N3O2S/c1-17-8-2-3-14(17)10-16-20(18,19)11-13-6-4-12(9-15)5-7-13/h4-7,14,16H,2-3,8-11,15H2,1H3.